The Kier molecular flexibility index (Phi) is 6.25. The molecule has 1 aliphatic heterocycles. The van der Waals surface area contributed by atoms with Crippen LogP contribution in [0.25, 0.3) is 0 Å². The van der Waals surface area contributed by atoms with Gasteiger partial charge in [0, 0.05) is 10.9 Å². The Morgan fingerprint density at radius 2 is 1.92 bits per heavy atom. The summed E-state index contributed by atoms with van der Waals surface area (Å²) in [6.07, 6.45) is 8.17. The third-order valence-corrected chi connectivity index (χ3v) is 5.42. The number of amides is 2. The van der Waals surface area contributed by atoms with Crippen molar-refractivity contribution in [1.82, 2.24) is 10.2 Å². The van der Waals surface area contributed by atoms with Crippen molar-refractivity contribution in [2.24, 2.45) is 0 Å². The third-order valence-electron chi connectivity index (χ3n) is 4.15. The lowest BCUT2D eigenvalue weighted by atomic mass is 9.95. The average Bonchev–Trinajstić information content (AvgIpc) is 2.56. The van der Waals surface area contributed by atoms with Crippen molar-refractivity contribution in [1.29, 1.82) is 0 Å². The molecule has 1 saturated carbocycles. The second-order valence-electron chi connectivity index (χ2n) is 5.82. The minimum atomic E-state index is -1.27. The van der Waals surface area contributed by atoms with Crippen molar-refractivity contribution < 1.29 is 19.5 Å². The van der Waals surface area contributed by atoms with Crippen LogP contribution in [0, 0.1) is 0 Å². The molecule has 0 saturated heterocycles. The van der Waals surface area contributed by atoms with E-state index in [1.165, 1.54) is 23.5 Å². The minimum Gasteiger partial charge on any atom is -0.480 e. The van der Waals surface area contributed by atoms with Crippen molar-refractivity contribution in [3.8, 4) is 0 Å². The first-order chi connectivity index (χ1) is 11.5. The summed E-state index contributed by atoms with van der Waals surface area (Å²) in [4.78, 5) is 37.8. The highest BCUT2D eigenvalue weighted by atomic mass is 32.2. The fraction of sp³-hybridized carbons (Fsp3) is 0.471. The van der Waals surface area contributed by atoms with Gasteiger partial charge in [-0.1, -0.05) is 50.3 Å². The van der Waals surface area contributed by atoms with Crippen molar-refractivity contribution in [3.05, 3.63) is 35.9 Å². The van der Waals surface area contributed by atoms with Gasteiger partial charge in [-0.15, -0.1) is 0 Å². The number of carbonyl (C=O) groups is 3. The molecule has 2 amide bonds. The highest BCUT2D eigenvalue weighted by Gasteiger charge is 2.39. The number of carboxylic acids is 1. The van der Waals surface area contributed by atoms with Gasteiger partial charge in [0.25, 0.3) is 5.91 Å². The molecule has 0 spiro atoms. The van der Waals surface area contributed by atoms with E-state index < -0.39 is 17.1 Å². The van der Waals surface area contributed by atoms with Crippen LogP contribution < -0.4 is 5.32 Å². The smallest absolute Gasteiger partial charge is 0.326 e. The van der Waals surface area contributed by atoms with Gasteiger partial charge in [0.05, 0.1) is 5.70 Å². The van der Waals surface area contributed by atoms with Crippen molar-refractivity contribution >= 4 is 29.5 Å². The maximum absolute atomic E-state index is 12.5. The van der Waals surface area contributed by atoms with Gasteiger partial charge in [-0.2, -0.15) is 0 Å². The number of aliphatic carboxylic acids is 1. The topological polar surface area (TPSA) is 86.7 Å². The molecule has 130 valence electrons. The van der Waals surface area contributed by atoms with Crippen LogP contribution in [0.15, 0.2) is 35.9 Å². The Morgan fingerprint density at radius 3 is 2.46 bits per heavy atom. The summed E-state index contributed by atoms with van der Waals surface area (Å²) in [5, 5.41) is 10.9. The molecule has 0 bridgehead atoms. The minimum absolute atomic E-state index is 0.130. The van der Waals surface area contributed by atoms with Crippen LogP contribution >= 0.6 is 11.8 Å². The van der Waals surface area contributed by atoms with Crippen LogP contribution in [0.1, 0.15) is 32.1 Å². The molecule has 1 atom stereocenters. The zero-order valence-electron chi connectivity index (χ0n) is 13.5. The van der Waals surface area contributed by atoms with Crippen LogP contribution in [0.3, 0.4) is 0 Å². The summed E-state index contributed by atoms with van der Waals surface area (Å²) in [5.41, 5.74) is 0.427. The molecule has 24 heavy (non-hydrogen) atoms. The lowest BCUT2D eigenvalue weighted by Gasteiger charge is -2.32. The Bertz CT molecular complexity index is 593. The van der Waals surface area contributed by atoms with E-state index in [-0.39, 0.29) is 18.5 Å². The summed E-state index contributed by atoms with van der Waals surface area (Å²) < 4.78 is 0. The number of carbonyl (C=O) groups excluding carboxylic acids is 2. The van der Waals surface area contributed by atoms with Gasteiger partial charge in [0.2, 0.25) is 5.91 Å². The molecular formula is C17H22N2O4S. The number of rotatable bonds is 6. The number of thioether (sulfide) groups is 1. The monoisotopic (exact) mass is 350 g/mol. The van der Waals surface area contributed by atoms with Crippen molar-refractivity contribution in [2.45, 2.75) is 43.4 Å². The zero-order chi connectivity index (χ0) is 17.7. The predicted octanol–water partition coefficient (Wildman–Crippen LogP) is 2.05. The second-order valence-corrected chi connectivity index (χ2v) is 6.97. The van der Waals surface area contributed by atoms with Crippen molar-refractivity contribution in [3.63, 3.8) is 0 Å². The van der Waals surface area contributed by atoms with Gasteiger partial charge < -0.3 is 15.3 Å². The van der Waals surface area contributed by atoms with Gasteiger partial charge in [-0.05, 0) is 18.9 Å². The van der Waals surface area contributed by atoms with E-state index >= 15 is 0 Å². The van der Waals surface area contributed by atoms with E-state index in [1.54, 1.807) is 0 Å². The number of hydrogen-bond acceptors (Lipinski definition) is 4. The first-order valence-electron chi connectivity index (χ1n) is 7.97. The normalized spacial score (nSPS) is 22.2. The highest BCUT2D eigenvalue weighted by molar-refractivity contribution is 8.05. The lowest BCUT2D eigenvalue weighted by molar-refractivity contribution is -0.144. The molecule has 2 N–H and O–H groups in total. The van der Waals surface area contributed by atoms with E-state index in [4.69, 9.17) is 0 Å². The lowest BCUT2D eigenvalue weighted by Crippen LogP contribution is -2.49. The Labute approximate surface area is 145 Å². The fourth-order valence-electron chi connectivity index (χ4n) is 2.98. The van der Waals surface area contributed by atoms with Crippen LogP contribution in [-0.2, 0) is 14.4 Å². The first-order valence-corrected chi connectivity index (χ1v) is 8.85. The Balaban J connectivity index is 2.15. The van der Waals surface area contributed by atoms with E-state index in [0.29, 0.717) is 10.6 Å². The molecule has 7 heteroatoms. The highest BCUT2D eigenvalue weighted by Crippen LogP contribution is 2.35. The third kappa shape index (κ3) is 4.08. The second kappa shape index (κ2) is 8.19. The fourth-order valence-corrected chi connectivity index (χ4v) is 3.97. The molecule has 0 aromatic carbocycles. The number of carboxylic acid groups (broad SMARTS) is 1. The van der Waals surface area contributed by atoms with Crippen LogP contribution in [-0.4, -0.2) is 45.6 Å². The largest absolute Gasteiger partial charge is 0.480 e. The van der Waals surface area contributed by atoms with E-state index in [0.717, 1.165) is 37.4 Å². The van der Waals surface area contributed by atoms with E-state index in [9.17, 15) is 19.5 Å². The molecule has 0 aromatic heterocycles. The molecule has 2 aliphatic rings. The number of hydrogen-bond donors (Lipinski definition) is 2. The Hall–Kier alpha value is -2.02. The first kappa shape index (κ1) is 18.3. The van der Waals surface area contributed by atoms with E-state index in [1.807, 2.05) is 0 Å². The van der Waals surface area contributed by atoms with E-state index in [2.05, 4.69) is 18.5 Å². The Morgan fingerprint density at radius 1 is 1.25 bits per heavy atom. The molecule has 1 aliphatic carbocycles. The summed E-state index contributed by atoms with van der Waals surface area (Å²) >= 11 is 0.915. The maximum Gasteiger partial charge on any atom is 0.326 e. The molecule has 6 nitrogen and oxygen atoms in total. The van der Waals surface area contributed by atoms with Gasteiger partial charge in [-0.25, -0.2) is 0 Å². The summed E-state index contributed by atoms with van der Waals surface area (Å²) in [6.45, 7) is 7.11. The summed E-state index contributed by atoms with van der Waals surface area (Å²) in [7, 11) is 0. The SMILES string of the molecule is C=CC1=C(C=C)N(CC(=O)NC2CCCCC2)C(=O)C(C(=O)O)S1. The molecule has 0 radical (unpaired) electrons. The predicted molar refractivity (Wildman–Crippen MR) is 93.2 cm³/mol. The van der Waals surface area contributed by atoms with Crippen LogP contribution in [0.4, 0.5) is 0 Å². The summed E-state index contributed by atoms with van der Waals surface area (Å²) in [5.74, 6) is -2.13. The standard InChI is InChI=1S/C17H22N2O4S/c1-3-12-13(4-2)24-15(17(22)23)16(21)19(12)10-14(20)18-11-8-6-5-7-9-11/h3-4,11,15H,1-2,5-10H2,(H,18,20)(H,22,23). The van der Waals surface area contributed by atoms with Crippen LogP contribution in [0.5, 0.6) is 0 Å². The number of allylic oxidation sites excluding steroid dienone is 2. The summed E-state index contributed by atoms with van der Waals surface area (Å²) in [6, 6.07) is 0.130. The van der Waals surface area contributed by atoms with Crippen LogP contribution in [0.2, 0.25) is 0 Å². The number of nitrogens with one attached hydrogen (secondary N) is 1. The average molecular weight is 350 g/mol. The van der Waals surface area contributed by atoms with Gasteiger partial charge in [0.15, 0.2) is 5.25 Å². The van der Waals surface area contributed by atoms with Crippen molar-refractivity contribution in [2.75, 3.05) is 6.54 Å². The molecule has 2 rings (SSSR count). The van der Waals surface area contributed by atoms with Gasteiger partial charge >= 0.3 is 5.97 Å². The number of nitrogens with zero attached hydrogens (tertiary/aromatic N) is 1. The van der Waals surface area contributed by atoms with Gasteiger partial charge in [-0.3, -0.25) is 14.4 Å². The quantitative estimate of drug-likeness (QED) is 0.716. The zero-order valence-corrected chi connectivity index (χ0v) is 14.3. The molecule has 1 heterocycles. The maximum atomic E-state index is 12.5. The molecule has 1 fully saturated rings. The molecular weight excluding hydrogens is 328 g/mol. The van der Waals surface area contributed by atoms with Gasteiger partial charge in [0.1, 0.15) is 6.54 Å². The molecule has 1 unspecified atom stereocenters. The molecule has 0 aromatic rings.